The maximum absolute atomic E-state index is 5.75. The van der Waals surface area contributed by atoms with Crippen molar-refractivity contribution < 1.29 is 0 Å². The molecule has 1 heterocycles. The fourth-order valence-corrected chi connectivity index (χ4v) is 2.12. The van der Waals surface area contributed by atoms with Crippen molar-refractivity contribution in [1.82, 2.24) is 14.9 Å². The van der Waals surface area contributed by atoms with E-state index in [0.29, 0.717) is 11.8 Å². The van der Waals surface area contributed by atoms with Gasteiger partial charge in [0.25, 0.3) is 0 Å². The average molecular weight is 215 g/mol. The number of nitrogen functional groups attached to an aromatic ring is 2. The average Bonchev–Trinajstić information content (AvgIpc) is 3.04. The summed E-state index contributed by atoms with van der Waals surface area (Å²) in [5.41, 5.74) is 6.88. The third kappa shape index (κ3) is 1.32. The zero-order valence-corrected chi connectivity index (χ0v) is 8.74. The number of anilines is 1. The van der Waals surface area contributed by atoms with Crippen molar-refractivity contribution in [2.75, 3.05) is 11.6 Å². The Hall–Kier alpha value is -2.04. The fraction of sp³-hybridized carbons (Fsp3) is 0.273. The van der Waals surface area contributed by atoms with Gasteiger partial charge in [0.2, 0.25) is 5.95 Å². The number of benzene rings is 1. The number of nitrogens with zero attached hydrogens (tertiary/aromatic N) is 3. The van der Waals surface area contributed by atoms with Gasteiger partial charge in [0, 0.05) is 5.92 Å². The van der Waals surface area contributed by atoms with Crippen LogP contribution in [-0.4, -0.2) is 14.9 Å². The molecule has 5 nitrogen and oxygen atoms in total. The first kappa shape index (κ1) is 9.21. The van der Waals surface area contributed by atoms with E-state index in [1.54, 1.807) is 0 Å². The van der Waals surface area contributed by atoms with Crippen LogP contribution >= 0.6 is 0 Å². The van der Waals surface area contributed by atoms with Gasteiger partial charge in [-0.3, -0.25) is 0 Å². The summed E-state index contributed by atoms with van der Waals surface area (Å²) < 4.78 is 1.38. The van der Waals surface area contributed by atoms with E-state index in [0.717, 1.165) is 12.2 Å². The third-order valence-corrected chi connectivity index (χ3v) is 3.10. The predicted molar refractivity (Wildman–Crippen MR) is 61.1 cm³/mol. The number of rotatable bonds is 2. The van der Waals surface area contributed by atoms with Crippen LogP contribution in [0.1, 0.15) is 29.6 Å². The van der Waals surface area contributed by atoms with Gasteiger partial charge in [-0.2, -0.15) is 0 Å². The monoisotopic (exact) mass is 215 g/mol. The molecule has 3 rings (SSSR count). The van der Waals surface area contributed by atoms with E-state index in [1.165, 1.54) is 10.2 Å². The van der Waals surface area contributed by atoms with Crippen LogP contribution in [0.4, 0.5) is 5.95 Å². The van der Waals surface area contributed by atoms with Crippen molar-refractivity contribution in [3.8, 4) is 0 Å². The molecule has 1 saturated carbocycles. The normalized spacial score (nSPS) is 23.2. The Morgan fingerprint density at radius 3 is 2.50 bits per heavy atom. The lowest BCUT2D eigenvalue weighted by atomic mass is 10.1. The van der Waals surface area contributed by atoms with Crippen LogP contribution in [0.2, 0.25) is 0 Å². The minimum Gasteiger partial charge on any atom is -0.366 e. The van der Waals surface area contributed by atoms with Crippen molar-refractivity contribution in [2.24, 2.45) is 0 Å². The Kier molecular flexibility index (Phi) is 1.86. The molecule has 0 amide bonds. The summed E-state index contributed by atoms with van der Waals surface area (Å²) in [6.07, 6.45) is 1.07. The van der Waals surface area contributed by atoms with Crippen LogP contribution in [0.25, 0.3) is 0 Å². The molecular formula is C11H13N5. The van der Waals surface area contributed by atoms with Gasteiger partial charge in [-0.15, -0.1) is 10.2 Å². The summed E-state index contributed by atoms with van der Waals surface area (Å²) >= 11 is 0. The number of nitrogens with two attached hydrogens (primary N) is 2. The van der Waals surface area contributed by atoms with Crippen LogP contribution in [-0.2, 0) is 0 Å². The maximum atomic E-state index is 5.75. The second-order valence-corrected chi connectivity index (χ2v) is 4.15. The molecule has 1 aliphatic carbocycles. The van der Waals surface area contributed by atoms with E-state index in [4.69, 9.17) is 11.6 Å². The Balaban J connectivity index is 1.85. The predicted octanol–water partition coefficient (Wildman–Crippen LogP) is 0.845. The largest absolute Gasteiger partial charge is 0.366 e. The van der Waals surface area contributed by atoms with Gasteiger partial charge in [-0.1, -0.05) is 30.3 Å². The molecule has 1 aromatic heterocycles. The van der Waals surface area contributed by atoms with Gasteiger partial charge in [-0.25, -0.2) is 4.68 Å². The van der Waals surface area contributed by atoms with Crippen LogP contribution in [0, 0.1) is 0 Å². The highest BCUT2D eigenvalue weighted by Gasteiger charge is 2.43. The molecule has 2 atom stereocenters. The molecular weight excluding hydrogens is 202 g/mol. The van der Waals surface area contributed by atoms with Crippen LogP contribution in [0.5, 0.6) is 0 Å². The fourth-order valence-electron chi connectivity index (χ4n) is 2.12. The zero-order chi connectivity index (χ0) is 11.1. The summed E-state index contributed by atoms with van der Waals surface area (Å²) in [7, 11) is 0. The zero-order valence-electron chi connectivity index (χ0n) is 8.74. The second kappa shape index (κ2) is 3.23. The first-order valence-corrected chi connectivity index (χ1v) is 5.28. The molecule has 2 aromatic rings. The summed E-state index contributed by atoms with van der Waals surface area (Å²) in [5.74, 6) is 7.67. The molecule has 1 aromatic carbocycles. The number of hydrogen-bond acceptors (Lipinski definition) is 4. The molecule has 82 valence electrons. The molecule has 4 N–H and O–H groups in total. The van der Waals surface area contributed by atoms with Gasteiger partial charge < -0.3 is 11.6 Å². The molecule has 1 fully saturated rings. The minimum atomic E-state index is 0.272. The van der Waals surface area contributed by atoms with Crippen molar-refractivity contribution in [1.29, 1.82) is 0 Å². The SMILES string of the molecule is Nc1nnc(C2CC2c2ccccc2)n1N. The molecule has 2 unspecified atom stereocenters. The molecule has 0 aliphatic heterocycles. The van der Waals surface area contributed by atoms with E-state index in [1.807, 2.05) is 18.2 Å². The summed E-state index contributed by atoms with van der Waals surface area (Å²) in [4.78, 5) is 0. The van der Waals surface area contributed by atoms with Gasteiger partial charge in [0.1, 0.15) is 0 Å². The highest BCUT2D eigenvalue weighted by molar-refractivity contribution is 5.33. The maximum Gasteiger partial charge on any atom is 0.240 e. The Morgan fingerprint density at radius 1 is 1.12 bits per heavy atom. The lowest BCUT2D eigenvalue weighted by molar-refractivity contribution is 0.828. The summed E-state index contributed by atoms with van der Waals surface area (Å²) in [6, 6.07) is 10.4. The van der Waals surface area contributed by atoms with E-state index >= 15 is 0 Å². The summed E-state index contributed by atoms with van der Waals surface area (Å²) in [6.45, 7) is 0. The molecule has 5 heteroatoms. The smallest absolute Gasteiger partial charge is 0.240 e. The van der Waals surface area contributed by atoms with Crippen molar-refractivity contribution in [3.05, 3.63) is 41.7 Å². The highest BCUT2D eigenvalue weighted by Crippen LogP contribution is 2.53. The Morgan fingerprint density at radius 2 is 1.88 bits per heavy atom. The lowest BCUT2D eigenvalue weighted by Gasteiger charge is -2.00. The first-order valence-electron chi connectivity index (χ1n) is 5.28. The first-order chi connectivity index (χ1) is 7.77. The van der Waals surface area contributed by atoms with Crippen LogP contribution < -0.4 is 11.6 Å². The van der Waals surface area contributed by atoms with Crippen molar-refractivity contribution >= 4 is 5.95 Å². The van der Waals surface area contributed by atoms with E-state index in [-0.39, 0.29) is 5.95 Å². The second-order valence-electron chi connectivity index (χ2n) is 4.15. The molecule has 1 aliphatic rings. The lowest BCUT2D eigenvalue weighted by Crippen LogP contribution is -2.15. The van der Waals surface area contributed by atoms with Gasteiger partial charge in [0.05, 0.1) is 0 Å². The summed E-state index contributed by atoms with van der Waals surface area (Å²) in [5, 5.41) is 7.79. The molecule has 0 bridgehead atoms. The van der Waals surface area contributed by atoms with E-state index in [9.17, 15) is 0 Å². The number of aromatic nitrogens is 3. The third-order valence-electron chi connectivity index (χ3n) is 3.10. The van der Waals surface area contributed by atoms with Crippen LogP contribution in [0.3, 0.4) is 0 Å². The molecule has 16 heavy (non-hydrogen) atoms. The number of hydrogen-bond donors (Lipinski definition) is 2. The van der Waals surface area contributed by atoms with Crippen LogP contribution in [0.15, 0.2) is 30.3 Å². The molecule has 0 radical (unpaired) electrons. The van der Waals surface area contributed by atoms with Gasteiger partial charge in [-0.05, 0) is 17.9 Å². The Bertz CT molecular complexity index is 504. The topological polar surface area (TPSA) is 82.8 Å². The van der Waals surface area contributed by atoms with E-state index in [2.05, 4.69) is 22.3 Å². The highest BCUT2D eigenvalue weighted by atomic mass is 15.4. The minimum absolute atomic E-state index is 0.272. The van der Waals surface area contributed by atoms with Gasteiger partial charge >= 0.3 is 0 Å². The standard InChI is InChI=1S/C11H13N5/c12-11-15-14-10(16(11)13)9-6-8(9)7-4-2-1-3-5-7/h1-5,8-9H,6,13H2,(H2,12,15). The van der Waals surface area contributed by atoms with Crippen molar-refractivity contribution in [2.45, 2.75) is 18.3 Å². The van der Waals surface area contributed by atoms with E-state index < -0.39 is 0 Å². The van der Waals surface area contributed by atoms with Gasteiger partial charge in [0.15, 0.2) is 5.82 Å². The quantitative estimate of drug-likeness (QED) is 0.727. The Labute approximate surface area is 93.1 Å². The van der Waals surface area contributed by atoms with Crippen molar-refractivity contribution in [3.63, 3.8) is 0 Å². The molecule has 0 spiro atoms. The molecule has 0 saturated heterocycles.